The van der Waals surface area contributed by atoms with Gasteiger partial charge in [0.2, 0.25) is 0 Å². The molecule has 1 atom stereocenters. The van der Waals surface area contributed by atoms with Crippen LogP contribution in [-0.2, 0) is 0 Å². The molecule has 100 valence electrons. The van der Waals surface area contributed by atoms with Gasteiger partial charge < -0.3 is 5.32 Å². The van der Waals surface area contributed by atoms with Gasteiger partial charge in [-0.15, -0.1) is 0 Å². The molecule has 2 nitrogen and oxygen atoms in total. The highest BCUT2D eigenvalue weighted by Gasteiger charge is 2.28. The van der Waals surface area contributed by atoms with Gasteiger partial charge in [0.05, 0.1) is 6.54 Å². The van der Waals surface area contributed by atoms with E-state index in [-0.39, 0.29) is 29.6 Å². The van der Waals surface area contributed by atoms with E-state index in [2.05, 4.69) is 24.2 Å². The van der Waals surface area contributed by atoms with Gasteiger partial charge in [0.1, 0.15) is 0 Å². The van der Waals surface area contributed by atoms with Crippen LogP contribution >= 0.6 is 23.5 Å². The number of nitrogens with one attached hydrogen (secondary N) is 1. The zero-order valence-electron chi connectivity index (χ0n) is 9.93. The van der Waals surface area contributed by atoms with Gasteiger partial charge in [0.25, 0.3) is 0 Å². The quantitative estimate of drug-likeness (QED) is 0.801. The van der Waals surface area contributed by atoms with E-state index in [4.69, 9.17) is 0 Å². The van der Waals surface area contributed by atoms with E-state index in [0.717, 1.165) is 23.8 Å². The van der Waals surface area contributed by atoms with Gasteiger partial charge in [-0.2, -0.15) is 13.2 Å². The Morgan fingerprint density at radius 2 is 2.24 bits per heavy atom. The minimum Gasteiger partial charge on any atom is -0.360 e. The average molecular weight is 286 g/mol. The first-order valence-electron chi connectivity index (χ1n) is 5.51. The lowest BCUT2D eigenvalue weighted by atomic mass is 9.96. The van der Waals surface area contributed by atoms with Gasteiger partial charge in [-0.05, 0) is 31.5 Å². The first kappa shape index (κ1) is 15.0. The molecule has 1 aliphatic heterocycles. The molecule has 0 radical (unpaired) electrons. The summed E-state index contributed by atoms with van der Waals surface area (Å²) in [6.07, 6.45) is 2.05. The van der Waals surface area contributed by atoms with Crippen LogP contribution in [0.25, 0.3) is 0 Å². The largest absolute Gasteiger partial charge is 0.441 e. The van der Waals surface area contributed by atoms with Crippen LogP contribution in [0.1, 0.15) is 26.7 Å². The molecule has 1 N–H and O–H groups in total. The Labute approximate surface area is 108 Å². The van der Waals surface area contributed by atoms with Crippen molar-refractivity contribution in [3.8, 4) is 0 Å². The van der Waals surface area contributed by atoms with Crippen LogP contribution in [0.3, 0.4) is 0 Å². The minimum absolute atomic E-state index is 0.0158. The molecule has 1 saturated heterocycles. The van der Waals surface area contributed by atoms with Crippen molar-refractivity contribution in [2.45, 2.75) is 37.7 Å². The van der Waals surface area contributed by atoms with Crippen molar-refractivity contribution in [1.29, 1.82) is 0 Å². The molecule has 0 aromatic carbocycles. The van der Waals surface area contributed by atoms with Crippen LogP contribution < -0.4 is 5.32 Å². The maximum absolute atomic E-state index is 11.9. The Kier molecular flexibility index (Phi) is 5.50. The number of rotatable bonds is 4. The molecule has 1 fully saturated rings. The SMILES string of the molecule is CCC1(C)CCSC(=NCCSC(F)(F)F)N1. The molecule has 0 amide bonds. The van der Waals surface area contributed by atoms with E-state index in [1.54, 1.807) is 11.8 Å². The third-order valence-electron chi connectivity index (χ3n) is 2.69. The number of aliphatic imine (C=N–C) groups is 1. The van der Waals surface area contributed by atoms with Crippen LogP contribution in [0.15, 0.2) is 4.99 Å². The van der Waals surface area contributed by atoms with Crippen molar-refractivity contribution in [3.05, 3.63) is 0 Å². The van der Waals surface area contributed by atoms with Crippen molar-refractivity contribution in [2.24, 2.45) is 4.99 Å². The summed E-state index contributed by atoms with van der Waals surface area (Å²) in [5.74, 6) is 0.959. The van der Waals surface area contributed by atoms with E-state index >= 15 is 0 Å². The van der Waals surface area contributed by atoms with Gasteiger partial charge in [0.15, 0.2) is 5.17 Å². The number of halogens is 3. The summed E-state index contributed by atoms with van der Waals surface area (Å²) in [5, 5.41) is 4.08. The lowest BCUT2D eigenvalue weighted by Gasteiger charge is -2.35. The van der Waals surface area contributed by atoms with Gasteiger partial charge in [0, 0.05) is 17.0 Å². The number of amidine groups is 1. The van der Waals surface area contributed by atoms with E-state index in [0.29, 0.717) is 0 Å². The lowest BCUT2D eigenvalue weighted by molar-refractivity contribution is -0.0327. The van der Waals surface area contributed by atoms with E-state index in [1.807, 2.05) is 0 Å². The zero-order valence-corrected chi connectivity index (χ0v) is 11.6. The second kappa shape index (κ2) is 6.22. The Morgan fingerprint density at radius 1 is 1.53 bits per heavy atom. The molecule has 7 heteroatoms. The molecule has 1 rings (SSSR count). The molecule has 0 bridgehead atoms. The van der Waals surface area contributed by atoms with Crippen LogP contribution in [-0.4, -0.2) is 34.3 Å². The summed E-state index contributed by atoms with van der Waals surface area (Å²) in [6, 6.07) is 0. The molecule has 1 heterocycles. The summed E-state index contributed by atoms with van der Waals surface area (Å²) in [6.45, 7) is 4.42. The number of thioether (sulfide) groups is 2. The third-order valence-corrected chi connectivity index (χ3v) is 4.32. The molecule has 1 unspecified atom stereocenters. The lowest BCUT2D eigenvalue weighted by Crippen LogP contribution is -2.48. The van der Waals surface area contributed by atoms with Crippen LogP contribution in [0.4, 0.5) is 13.2 Å². The third kappa shape index (κ3) is 5.90. The van der Waals surface area contributed by atoms with E-state index < -0.39 is 5.51 Å². The molecule has 17 heavy (non-hydrogen) atoms. The summed E-state index contributed by atoms with van der Waals surface area (Å²) in [7, 11) is 0. The fourth-order valence-electron chi connectivity index (χ4n) is 1.39. The van der Waals surface area contributed by atoms with Gasteiger partial charge in [-0.1, -0.05) is 18.7 Å². The Bertz CT molecular complexity index is 281. The molecule has 0 aliphatic carbocycles. The topological polar surface area (TPSA) is 24.4 Å². The average Bonchev–Trinajstić information content (AvgIpc) is 2.24. The molecule has 0 aromatic rings. The molecule has 0 spiro atoms. The van der Waals surface area contributed by atoms with Crippen LogP contribution in [0.5, 0.6) is 0 Å². The number of nitrogens with zero attached hydrogens (tertiary/aromatic N) is 1. The predicted molar refractivity (Wildman–Crippen MR) is 69.7 cm³/mol. The van der Waals surface area contributed by atoms with Crippen molar-refractivity contribution < 1.29 is 13.2 Å². The maximum Gasteiger partial charge on any atom is 0.441 e. The van der Waals surface area contributed by atoms with Crippen molar-refractivity contribution in [1.82, 2.24) is 5.32 Å². The van der Waals surface area contributed by atoms with Gasteiger partial charge >= 0.3 is 5.51 Å². The predicted octanol–water partition coefficient (Wildman–Crippen LogP) is 3.49. The van der Waals surface area contributed by atoms with Crippen molar-refractivity contribution >= 4 is 28.7 Å². The summed E-state index contributed by atoms with van der Waals surface area (Å²) < 4.78 is 35.7. The Morgan fingerprint density at radius 3 is 2.82 bits per heavy atom. The maximum atomic E-state index is 11.9. The van der Waals surface area contributed by atoms with Gasteiger partial charge in [-0.3, -0.25) is 4.99 Å². The monoisotopic (exact) mass is 286 g/mol. The van der Waals surface area contributed by atoms with Crippen molar-refractivity contribution in [3.63, 3.8) is 0 Å². The standard InChI is InChI=1S/C10H17F3N2S2/c1-3-9(2)4-6-16-8(15-9)14-5-7-17-10(11,12)13/h3-7H2,1-2H3,(H,14,15). The summed E-state index contributed by atoms with van der Waals surface area (Å²) >= 11 is 1.57. The summed E-state index contributed by atoms with van der Waals surface area (Å²) in [4.78, 5) is 4.18. The number of hydrogen-bond acceptors (Lipinski definition) is 3. The second-order valence-corrected chi connectivity index (χ2v) is 6.36. The Hall–Kier alpha value is -0.0400. The molecule has 1 aliphatic rings. The minimum atomic E-state index is -4.15. The fraction of sp³-hybridized carbons (Fsp3) is 0.900. The van der Waals surface area contributed by atoms with Crippen LogP contribution in [0.2, 0.25) is 0 Å². The highest BCUT2D eigenvalue weighted by molar-refractivity contribution is 8.13. The van der Waals surface area contributed by atoms with E-state index in [1.165, 1.54) is 0 Å². The summed E-state index contributed by atoms with van der Waals surface area (Å²) in [5.41, 5.74) is -4.10. The smallest absolute Gasteiger partial charge is 0.360 e. The molecular formula is C10H17F3N2S2. The molecular weight excluding hydrogens is 269 g/mol. The van der Waals surface area contributed by atoms with Gasteiger partial charge in [-0.25, -0.2) is 0 Å². The normalized spacial score (nSPS) is 28.2. The first-order valence-corrected chi connectivity index (χ1v) is 7.48. The van der Waals surface area contributed by atoms with Crippen molar-refractivity contribution in [2.75, 3.05) is 18.1 Å². The van der Waals surface area contributed by atoms with E-state index in [9.17, 15) is 13.2 Å². The number of alkyl halides is 3. The molecule has 0 aromatic heterocycles. The zero-order chi connectivity index (χ0) is 12.9. The van der Waals surface area contributed by atoms with Crippen LogP contribution in [0, 0.1) is 0 Å². The highest BCUT2D eigenvalue weighted by Crippen LogP contribution is 2.30. The second-order valence-electron chi connectivity index (χ2n) is 4.12. The first-order chi connectivity index (χ1) is 7.85. The number of hydrogen-bond donors (Lipinski definition) is 1. The fourth-order valence-corrected chi connectivity index (χ4v) is 3.05. The Balaban J connectivity index is 2.35. The molecule has 0 saturated carbocycles. The highest BCUT2D eigenvalue weighted by atomic mass is 32.2.